The number of alkyl carbamates (subject to hydrolysis) is 2. The van der Waals surface area contributed by atoms with Crippen LogP contribution >= 0.6 is 11.3 Å². The van der Waals surface area contributed by atoms with Gasteiger partial charge in [0.15, 0.2) is 0 Å². The molecule has 69 heavy (non-hydrogen) atoms. The lowest BCUT2D eigenvalue weighted by molar-refractivity contribution is -0.136. The van der Waals surface area contributed by atoms with E-state index in [4.69, 9.17) is 19.2 Å². The average Bonchev–Trinajstić information content (AvgIpc) is 4.12. The van der Waals surface area contributed by atoms with Gasteiger partial charge in [-0.1, -0.05) is 33.8 Å². The van der Waals surface area contributed by atoms with Crippen LogP contribution in [0.25, 0.3) is 44.7 Å². The number of ether oxygens (including phenoxy) is 3. The van der Waals surface area contributed by atoms with Gasteiger partial charge in [-0.25, -0.2) is 23.9 Å². The largest absolute Gasteiger partial charge is 0.464 e. The predicted molar refractivity (Wildman–Crippen MR) is 254 cm³/mol. The molecule has 19 heteroatoms. The summed E-state index contributed by atoms with van der Waals surface area (Å²) in [4.78, 5) is 73.4. The molecule has 2 saturated heterocycles. The maximum absolute atomic E-state index is 16.9. The zero-order valence-corrected chi connectivity index (χ0v) is 40.1. The topological polar surface area (TPSA) is 209 Å². The van der Waals surface area contributed by atoms with E-state index in [1.807, 2.05) is 74.7 Å². The van der Waals surface area contributed by atoms with Gasteiger partial charge in [0, 0.05) is 34.5 Å². The fraction of sp³-hybridized carbons (Fsp3) is 0.440. The third-order valence-corrected chi connectivity index (χ3v) is 15.3. The molecular weight excluding hydrogens is 906 g/mol. The number of amides is 4. The third kappa shape index (κ3) is 8.38. The van der Waals surface area contributed by atoms with Crippen LogP contribution in [0.15, 0.2) is 60.9 Å². The highest BCUT2D eigenvalue weighted by Gasteiger charge is 2.45. The molecule has 3 aliphatic heterocycles. The number of thiophene rings is 1. The van der Waals surface area contributed by atoms with Crippen LogP contribution in [0.2, 0.25) is 0 Å². The van der Waals surface area contributed by atoms with Gasteiger partial charge in [0.2, 0.25) is 18.0 Å². The lowest BCUT2D eigenvalue weighted by Crippen LogP contribution is -2.51. The molecule has 7 heterocycles. The Kier molecular flexibility index (Phi) is 12.0. The first-order valence-electron chi connectivity index (χ1n) is 23.5. The Morgan fingerprint density at radius 3 is 1.94 bits per heavy atom. The first-order chi connectivity index (χ1) is 33.2. The lowest BCUT2D eigenvalue weighted by atomic mass is 10.0. The third-order valence-electron chi connectivity index (χ3n) is 14.0. The summed E-state index contributed by atoms with van der Waals surface area (Å²) in [6.45, 7) is 8.51. The number of nitrogens with one attached hydrogen (secondary N) is 4. The van der Waals surface area contributed by atoms with E-state index >= 15 is 4.39 Å². The first kappa shape index (κ1) is 46.0. The monoisotopic (exact) mass is 961 g/mol. The number of aromatic nitrogens is 5. The minimum atomic E-state index is -0.849. The molecule has 6 aromatic rings. The number of aromatic amines is 2. The minimum Gasteiger partial charge on any atom is -0.464 e. The fourth-order valence-corrected chi connectivity index (χ4v) is 11.3. The summed E-state index contributed by atoms with van der Waals surface area (Å²) in [5.41, 5.74) is 3.52. The number of imidazole rings is 2. The molecule has 4 amide bonds. The Morgan fingerprint density at radius 2 is 1.39 bits per heavy atom. The van der Waals surface area contributed by atoms with Crippen LogP contribution in [0.4, 0.5) is 14.0 Å². The van der Waals surface area contributed by atoms with Crippen LogP contribution in [-0.2, 0) is 24.7 Å². The average molecular weight is 962 g/mol. The maximum Gasteiger partial charge on any atom is 0.407 e. The molecule has 17 nitrogen and oxygen atoms in total. The van der Waals surface area contributed by atoms with Crippen molar-refractivity contribution < 1.29 is 42.9 Å². The molecule has 5 N–H and O–H groups in total. The number of hydrogen-bond donors (Lipinski definition) is 5. The molecule has 1 aliphatic carbocycles. The molecule has 10 rings (SSSR count). The van der Waals surface area contributed by atoms with Crippen molar-refractivity contribution in [2.75, 3.05) is 27.3 Å². The van der Waals surface area contributed by atoms with Gasteiger partial charge in [-0.3, -0.25) is 14.2 Å². The van der Waals surface area contributed by atoms with Crippen molar-refractivity contribution in [1.29, 1.82) is 0 Å². The number of methoxy groups -OCH3 is 2. The van der Waals surface area contributed by atoms with Gasteiger partial charge in [0.1, 0.15) is 35.3 Å². The zero-order chi connectivity index (χ0) is 48.5. The molecular formula is C50H56FN9O8S. The van der Waals surface area contributed by atoms with Crippen LogP contribution in [0.3, 0.4) is 0 Å². The molecule has 2 aromatic carbocycles. The number of rotatable bonds is 12. The van der Waals surface area contributed by atoms with Gasteiger partial charge in [0.05, 0.1) is 77.3 Å². The van der Waals surface area contributed by atoms with E-state index < -0.39 is 41.9 Å². The highest BCUT2D eigenvalue weighted by atomic mass is 32.1. The fourth-order valence-electron chi connectivity index (χ4n) is 10.1. The summed E-state index contributed by atoms with van der Waals surface area (Å²) in [5, 5.41) is 17.3. The van der Waals surface area contributed by atoms with Crippen molar-refractivity contribution in [1.82, 2.24) is 44.9 Å². The molecule has 0 bridgehead atoms. The van der Waals surface area contributed by atoms with E-state index in [9.17, 15) is 24.3 Å². The van der Waals surface area contributed by atoms with Gasteiger partial charge in [-0.05, 0) is 92.8 Å². The number of carbonyl (C=O) groups is 4. The van der Waals surface area contributed by atoms with E-state index in [1.54, 1.807) is 22.2 Å². The number of nitrogens with zero attached hydrogens (tertiary/aromatic N) is 5. The second-order valence-electron chi connectivity index (χ2n) is 19.2. The number of carbonyl (C=O) groups excluding carboxylic acids is 4. The second kappa shape index (κ2) is 18.0. The normalized spacial score (nSPS) is 20.1. The first-order valence-corrected chi connectivity index (χ1v) is 24.4. The van der Waals surface area contributed by atoms with Gasteiger partial charge < -0.3 is 49.7 Å². The molecule has 0 radical (unpaired) electrons. The second-order valence-corrected chi connectivity index (χ2v) is 20.3. The van der Waals surface area contributed by atoms with E-state index in [-0.39, 0.29) is 35.7 Å². The van der Waals surface area contributed by atoms with E-state index in [2.05, 4.69) is 25.6 Å². The van der Waals surface area contributed by atoms with Crippen molar-refractivity contribution in [3.05, 3.63) is 88.1 Å². The molecule has 4 aromatic heterocycles. The van der Waals surface area contributed by atoms with E-state index in [0.29, 0.717) is 78.7 Å². The summed E-state index contributed by atoms with van der Waals surface area (Å²) in [5.74, 6) is 0.269. The number of halogens is 1. The van der Waals surface area contributed by atoms with Crippen molar-refractivity contribution >= 4 is 46.2 Å². The van der Waals surface area contributed by atoms with Crippen molar-refractivity contribution in [2.24, 2.45) is 11.8 Å². The highest BCUT2D eigenvalue weighted by molar-refractivity contribution is 7.12. The van der Waals surface area contributed by atoms with Gasteiger partial charge in [0.25, 0.3) is 0 Å². The molecule has 1 saturated carbocycles. The summed E-state index contributed by atoms with van der Waals surface area (Å²) in [6, 6.07) is 12.9. The van der Waals surface area contributed by atoms with Gasteiger partial charge in [-0.2, -0.15) is 0 Å². The number of likely N-dealkylation sites (tertiary alicyclic amines) is 2. The summed E-state index contributed by atoms with van der Waals surface area (Å²) < 4.78 is 35.4. The Balaban J connectivity index is 0.971. The Hall–Kier alpha value is -6.73. The van der Waals surface area contributed by atoms with E-state index in [1.165, 1.54) is 31.6 Å². The van der Waals surface area contributed by atoms with Crippen LogP contribution in [0.1, 0.15) is 106 Å². The number of hydrogen-bond acceptors (Lipinski definition) is 11. The summed E-state index contributed by atoms with van der Waals surface area (Å²) >= 11 is 1.48. The standard InChI is InChI=1S/C50H56FN9O8S/c1-25(2)41(56-48(63)66-5)45(61)58-17-7-9-34(58)43-52-23-31(54-43)27-11-12-33-29(19-27)21-36-40-30(51)20-28(22-37(40)68-47(60(33)36)38-13-14-39(69-38)50(65)15-16-50)32-24-53-44(55-32)35-10-8-18-59(35)46(62)42(26(3)4)57-49(64)67-6/h11-14,19-26,34-35,41-42,47,65H,7-10,15-18H2,1-6H3,(H,52,54)(H,53,55)(H,56,63)(H,57,64)/t34-,35+,41-,42-,47?/m0/s1. The molecule has 1 unspecified atom stereocenters. The quantitative estimate of drug-likeness (QED) is 0.0793. The number of benzene rings is 2. The molecule has 3 fully saturated rings. The Bertz CT molecular complexity index is 2970. The van der Waals surface area contributed by atoms with E-state index in [0.717, 1.165) is 44.8 Å². The number of fused-ring (bicyclic) bond motifs is 5. The number of aliphatic hydroxyl groups is 1. The van der Waals surface area contributed by atoms with Crippen molar-refractivity contribution in [3.63, 3.8) is 0 Å². The summed E-state index contributed by atoms with van der Waals surface area (Å²) in [7, 11) is 2.53. The smallest absolute Gasteiger partial charge is 0.407 e. The van der Waals surface area contributed by atoms with Gasteiger partial charge in [-0.15, -0.1) is 11.3 Å². The molecule has 362 valence electrons. The Labute approximate surface area is 401 Å². The minimum absolute atomic E-state index is 0.162. The maximum atomic E-state index is 16.9. The van der Waals surface area contributed by atoms with Crippen molar-refractivity contribution in [3.8, 4) is 39.5 Å². The van der Waals surface area contributed by atoms with Crippen LogP contribution < -0.4 is 15.4 Å². The van der Waals surface area contributed by atoms with Crippen molar-refractivity contribution in [2.45, 2.75) is 102 Å². The molecule has 5 atom stereocenters. The lowest BCUT2D eigenvalue weighted by Gasteiger charge is -2.30. The van der Waals surface area contributed by atoms with Gasteiger partial charge >= 0.3 is 12.2 Å². The SMILES string of the molecule is COC(=O)N[C@H](C(=O)N1CCC[C@@H]1c1ncc(-c2cc(F)c3c(c2)OC(c2ccc(C4(O)CC4)s2)n2c-3cc3cc(-c4cnc([C@@H]5CCCN5C(=O)[C@@H](NC(=O)OC)C(C)C)[nH]4)ccc32)[nH]1)C(C)C. The predicted octanol–water partition coefficient (Wildman–Crippen LogP) is 8.30. The Morgan fingerprint density at radius 1 is 0.812 bits per heavy atom. The number of H-pyrrole nitrogens is 2. The van der Waals surface area contributed by atoms with Crippen LogP contribution in [0, 0.1) is 17.7 Å². The molecule has 4 aliphatic rings. The summed E-state index contributed by atoms with van der Waals surface area (Å²) in [6.07, 6.45) is 5.64. The molecule has 0 spiro atoms. The van der Waals surface area contributed by atoms with Crippen LogP contribution in [0.5, 0.6) is 5.75 Å². The van der Waals surface area contributed by atoms with Crippen LogP contribution in [-0.4, -0.2) is 103 Å². The highest BCUT2D eigenvalue weighted by Crippen LogP contribution is 2.52. The zero-order valence-electron chi connectivity index (χ0n) is 39.3.